The molecule has 1 aliphatic heterocycles. The fourth-order valence-corrected chi connectivity index (χ4v) is 1.85. The van der Waals surface area contributed by atoms with Crippen LogP contribution in [0.25, 0.3) is 0 Å². The first kappa shape index (κ1) is 11.1. The second kappa shape index (κ2) is 4.65. The zero-order chi connectivity index (χ0) is 11.5. The van der Waals surface area contributed by atoms with E-state index < -0.39 is 0 Å². The van der Waals surface area contributed by atoms with Crippen molar-refractivity contribution in [2.75, 3.05) is 11.9 Å². The van der Waals surface area contributed by atoms with Gasteiger partial charge in [-0.3, -0.25) is 9.48 Å². The summed E-state index contributed by atoms with van der Waals surface area (Å²) in [6.07, 6.45) is 4.11. The van der Waals surface area contributed by atoms with Gasteiger partial charge in [0.25, 0.3) is 5.91 Å². The molecule has 1 aromatic heterocycles. The van der Waals surface area contributed by atoms with Crippen LogP contribution in [0, 0.1) is 5.92 Å². The molecule has 1 aliphatic rings. The standard InChI is InChI=1S/C11H17N3O2/c1-3-14-7-9(6-12-14)13-11(15)10-8(2)4-5-16-10/h6-8,10H,3-5H2,1-2H3,(H,13,15)/t8-,10+/m0/s1. The molecule has 1 fully saturated rings. The third kappa shape index (κ3) is 2.24. The molecule has 0 bridgehead atoms. The second-order valence-corrected chi connectivity index (χ2v) is 4.13. The van der Waals surface area contributed by atoms with Crippen molar-refractivity contribution in [1.82, 2.24) is 9.78 Å². The van der Waals surface area contributed by atoms with Gasteiger partial charge >= 0.3 is 0 Å². The molecule has 0 saturated carbocycles. The summed E-state index contributed by atoms with van der Waals surface area (Å²) in [4.78, 5) is 11.8. The highest BCUT2D eigenvalue weighted by Crippen LogP contribution is 2.21. The van der Waals surface area contributed by atoms with Crippen molar-refractivity contribution in [2.45, 2.75) is 32.9 Å². The fourth-order valence-electron chi connectivity index (χ4n) is 1.85. The number of carbonyl (C=O) groups excluding carboxylic acids is 1. The summed E-state index contributed by atoms with van der Waals surface area (Å²) in [5, 5.41) is 6.92. The minimum Gasteiger partial charge on any atom is -0.368 e. The number of nitrogens with zero attached hydrogens (tertiary/aromatic N) is 2. The van der Waals surface area contributed by atoms with Crippen molar-refractivity contribution in [3.05, 3.63) is 12.4 Å². The SMILES string of the molecule is CCn1cc(NC(=O)[C@@H]2OCC[C@@H]2C)cn1. The minimum atomic E-state index is -0.315. The Morgan fingerprint density at radius 3 is 3.12 bits per heavy atom. The number of hydrogen-bond donors (Lipinski definition) is 1. The number of carbonyl (C=O) groups is 1. The van der Waals surface area contributed by atoms with Gasteiger partial charge in [-0.1, -0.05) is 6.92 Å². The van der Waals surface area contributed by atoms with Gasteiger partial charge in [-0.2, -0.15) is 5.10 Å². The largest absolute Gasteiger partial charge is 0.368 e. The van der Waals surface area contributed by atoms with Crippen LogP contribution >= 0.6 is 0 Å². The molecule has 1 amide bonds. The van der Waals surface area contributed by atoms with Gasteiger partial charge in [-0.15, -0.1) is 0 Å². The molecule has 2 heterocycles. The van der Waals surface area contributed by atoms with E-state index in [9.17, 15) is 4.79 Å². The van der Waals surface area contributed by atoms with Crippen molar-refractivity contribution in [1.29, 1.82) is 0 Å². The maximum absolute atomic E-state index is 11.8. The zero-order valence-electron chi connectivity index (χ0n) is 9.64. The smallest absolute Gasteiger partial charge is 0.253 e. The topological polar surface area (TPSA) is 56.2 Å². The molecule has 0 radical (unpaired) electrons. The highest BCUT2D eigenvalue weighted by Gasteiger charge is 2.30. The Morgan fingerprint density at radius 1 is 1.75 bits per heavy atom. The summed E-state index contributed by atoms with van der Waals surface area (Å²) >= 11 is 0. The van der Waals surface area contributed by atoms with Gasteiger partial charge in [0.15, 0.2) is 0 Å². The Bertz CT molecular complexity index is 375. The van der Waals surface area contributed by atoms with Crippen molar-refractivity contribution < 1.29 is 9.53 Å². The number of rotatable bonds is 3. The van der Waals surface area contributed by atoms with Gasteiger partial charge in [-0.05, 0) is 19.3 Å². The minimum absolute atomic E-state index is 0.0688. The number of aryl methyl sites for hydroxylation is 1. The summed E-state index contributed by atoms with van der Waals surface area (Å²) in [6.45, 7) is 5.51. The lowest BCUT2D eigenvalue weighted by Crippen LogP contribution is -2.31. The molecule has 1 N–H and O–H groups in total. The number of hydrogen-bond acceptors (Lipinski definition) is 3. The summed E-state index contributed by atoms with van der Waals surface area (Å²) in [5.41, 5.74) is 0.731. The van der Waals surface area contributed by atoms with E-state index in [1.807, 2.05) is 20.0 Å². The summed E-state index contributed by atoms with van der Waals surface area (Å²) < 4.78 is 7.17. The molecule has 0 unspecified atom stereocenters. The average molecular weight is 223 g/mol. The lowest BCUT2D eigenvalue weighted by atomic mass is 10.0. The molecule has 0 spiro atoms. The molecule has 0 aliphatic carbocycles. The van der Waals surface area contributed by atoms with Crippen LogP contribution in [0.3, 0.4) is 0 Å². The van der Waals surface area contributed by atoms with Gasteiger partial charge in [0.1, 0.15) is 6.10 Å². The van der Waals surface area contributed by atoms with Gasteiger partial charge in [0.05, 0.1) is 11.9 Å². The summed E-state index contributed by atoms with van der Waals surface area (Å²) in [6, 6.07) is 0. The maximum atomic E-state index is 11.8. The first-order chi connectivity index (χ1) is 7.70. The molecule has 16 heavy (non-hydrogen) atoms. The number of aromatic nitrogens is 2. The summed E-state index contributed by atoms with van der Waals surface area (Å²) in [7, 11) is 0. The zero-order valence-corrected chi connectivity index (χ0v) is 9.64. The third-order valence-electron chi connectivity index (χ3n) is 2.87. The predicted octanol–water partition coefficient (Wildman–Crippen LogP) is 1.27. The van der Waals surface area contributed by atoms with E-state index in [1.54, 1.807) is 10.9 Å². The molecular weight excluding hydrogens is 206 g/mol. The first-order valence-electron chi connectivity index (χ1n) is 5.65. The Hall–Kier alpha value is -1.36. The maximum Gasteiger partial charge on any atom is 0.253 e. The monoisotopic (exact) mass is 223 g/mol. The number of anilines is 1. The lowest BCUT2D eigenvalue weighted by molar-refractivity contribution is -0.126. The van der Waals surface area contributed by atoms with Crippen LogP contribution < -0.4 is 5.32 Å². The molecule has 1 saturated heterocycles. The van der Waals surface area contributed by atoms with Gasteiger partial charge in [0, 0.05) is 19.3 Å². The van der Waals surface area contributed by atoms with Crippen LogP contribution in [0.5, 0.6) is 0 Å². The van der Waals surface area contributed by atoms with Gasteiger partial charge < -0.3 is 10.1 Å². The van der Waals surface area contributed by atoms with Crippen molar-refractivity contribution in [3.8, 4) is 0 Å². The Kier molecular flexibility index (Phi) is 3.24. The average Bonchev–Trinajstić information content (AvgIpc) is 2.86. The third-order valence-corrected chi connectivity index (χ3v) is 2.87. The van der Waals surface area contributed by atoms with Crippen LogP contribution in [-0.4, -0.2) is 28.4 Å². The van der Waals surface area contributed by atoms with E-state index in [0.29, 0.717) is 12.5 Å². The highest BCUT2D eigenvalue weighted by atomic mass is 16.5. The highest BCUT2D eigenvalue weighted by molar-refractivity contribution is 5.94. The normalized spacial score (nSPS) is 24.6. The number of amides is 1. The van der Waals surface area contributed by atoms with Crippen LogP contribution in [0.2, 0.25) is 0 Å². The van der Waals surface area contributed by atoms with E-state index in [-0.39, 0.29) is 12.0 Å². The van der Waals surface area contributed by atoms with E-state index in [1.165, 1.54) is 0 Å². The molecule has 88 valence electrons. The second-order valence-electron chi connectivity index (χ2n) is 4.13. The van der Waals surface area contributed by atoms with Crippen LogP contribution in [-0.2, 0) is 16.1 Å². The van der Waals surface area contributed by atoms with Crippen LogP contribution in [0.15, 0.2) is 12.4 Å². The molecule has 1 aromatic rings. The van der Waals surface area contributed by atoms with E-state index in [0.717, 1.165) is 18.7 Å². The van der Waals surface area contributed by atoms with Gasteiger partial charge in [0.2, 0.25) is 0 Å². The number of ether oxygens (including phenoxy) is 1. The van der Waals surface area contributed by atoms with Crippen LogP contribution in [0.4, 0.5) is 5.69 Å². The molecule has 5 heteroatoms. The van der Waals surface area contributed by atoms with Gasteiger partial charge in [-0.25, -0.2) is 0 Å². The fraction of sp³-hybridized carbons (Fsp3) is 0.636. The molecular formula is C11H17N3O2. The van der Waals surface area contributed by atoms with Crippen molar-refractivity contribution in [2.24, 2.45) is 5.92 Å². The quantitative estimate of drug-likeness (QED) is 0.839. The van der Waals surface area contributed by atoms with Crippen LogP contribution in [0.1, 0.15) is 20.3 Å². The molecule has 2 atom stereocenters. The first-order valence-corrected chi connectivity index (χ1v) is 5.65. The predicted molar refractivity (Wildman–Crippen MR) is 60.1 cm³/mol. The van der Waals surface area contributed by atoms with E-state index in [4.69, 9.17) is 4.74 Å². The Labute approximate surface area is 94.8 Å². The Morgan fingerprint density at radius 2 is 2.56 bits per heavy atom. The molecule has 5 nitrogen and oxygen atoms in total. The van der Waals surface area contributed by atoms with E-state index >= 15 is 0 Å². The van der Waals surface area contributed by atoms with Crippen molar-refractivity contribution in [3.63, 3.8) is 0 Å². The number of nitrogens with one attached hydrogen (secondary N) is 1. The molecule has 2 rings (SSSR count). The Balaban J connectivity index is 1.96. The van der Waals surface area contributed by atoms with E-state index in [2.05, 4.69) is 10.4 Å². The molecule has 0 aromatic carbocycles. The van der Waals surface area contributed by atoms with Crippen molar-refractivity contribution >= 4 is 11.6 Å². The summed E-state index contributed by atoms with van der Waals surface area (Å²) in [5.74, 6) is 0.224. The lowest BCUT2D eigenvalue weighted by Gasteiger charge is -2.13.